The molecule has 56 heavy (non-hydrogen) atoms. The van der Waals surface area contributed by atoms with E-state index in [1.807, 2.05) is 0 Å². The summed E-state index contributed by atoms with van der Waals surface area (Å²) in [6, 6.07) is 0. The van der Waals surface area contributed by atoms with Gasteiger partial charge in [-0.25, -0.2) is 0 Å². The van der Waals surface area contributed by atoms with Gasteiger partial charge in [-0.2, -0.15) is 0 Å². The summed E-state index contributed by atoms with van der Waals surface area (Å²) in [6.07, 6.45) is 39.6. The van der Waals surface area contributed by atoms with E-state index in [-0.39, 0.29) is 31.1 Å². The highest BCUT2D eigenvalue weighted by molar-refractivity contribution is 5.71. The fraction of sp³-hybridized carbons (Fsp3) is 0.940. The monoisotopic (exact) mass is 793 g/mol. The van der Waals surface area contributed by atoms with Gasteiger partial charge < -0.3 is 14.2 Å². The number of carbonyl (C=O) groups excluding carboxylic acids is 3. The molecular weight excluding hydrogens is 697 g/mol. The van der Waals surface area contributed by atoms with Crippen LogP contribution in [0, 0.1) is 17.8 Å². The van der Waals surface area contributed by atoms with Crippen LogP contribution in [0.1, 0.15) is 266 Å². The molecule has 0 radical (unpaired) electrons. The minimum Gasteiger partial charge on any atom is -0.462 e. The predicted octanol–water partition coefficient (Wildman–Crippen LogP) is 15.6. The van der Waals surface area contributed by atoms with Gasteiger partial charge in [0.1, 0.15) is 13.2 Å². The predicted molar refractivity (Wildman–Crippen MR) is 238 cm³/mol. The van der Waals surface area contributed by atoms with Gasteiger partial charge in [-0.15, -0.1) is 0 Å². The number of unbranched alkanes of at least 4 members (excludes halogenated alkanes) is 26. The smallest absolute Gasteiger partial charge is 0.306 e. The summed E-state index contributed by atoms with van der Waals surface area (Å²) in [5.41, 5.74) is 0. The highest BCUT2D eigenvalue weighted by Gasteiger charge is 2.19. The molecule has 0 saturated heterocycles. The number of hydrogen-bond acceptors (Lipinski definition) is 6. The van der Waals surface area contributed by atoms with Crippen molar-refractivity contribution in [1.29, 1.82) is 0 Å². The number of ether oxygens (including phenoxy) is 3. The Morgan fingerprint density at radius 1 is 0.304 bits per heavy atom. The minimum absolute atomic E-state index is 0.0661. The molecule has 1 atom stereocenters. The van der Waals surface area contributed by atoms with E-state index >= 15 is 0 Å². The van der Waals surface area contributed by atoms with Gasteiger partial charge in [-0.3, -0.25) is 14.4 Å². The summed E-state index contributed by atoms with van der Waals surface area (Å²) in [5, 5.41) is 0. The lowest BCUT2D eigenvalue weighted by molar-refractivity contribution is -0.167. The summed E-state index contributed by atoms with van der Waals surface area (Å²) in [7, 11) is 0. The van der Waals surface area contributed by atoms with E-state index in [0.717, 1.165) is 75.5 Å². The van der Waals surface area contributed by atoms with Gasteiger partial charge in [-0.05, 0) is 37.0 Å². The molecule has 0 N–H and O–H groups in total. The first-order valence-electron chi connectivity index (χ1n) is 24.6. The zero-order valence-corrected chi connectivity index (χ0v) is 38.4. The third-order valence-corrected chi connectivity index (χ3v) is 11.1. The topological polar surface area (TPSA) is 78.9 Å². The average Bonchev–Trinajstić information content (AvgIpc) is 3.15. The Hall–Kier alpha value is -1.59. The van der Waals surface area contributed by atoms with Crippen LogP contribution in [0.2, 0.25) is 0 Å². The molecule has 0 fully saturated rings. The van der Waals surface area contributed by atoms with E-state index in [2.05, 4.69) is 41.5 Å². The Labute approximate surface area is 348 Å². The molecule has 0 unspecified atom stereocenters. The van der Waals surface area contributed by atoms with Crippen LogP contribution in [0.3, 0.4) is 0 Å². The van der Waals surface area contributed by atoms with E-state index in [0.29, 0.717) is 19.3 Å². The van der Waals surface area contributed by atoms with Crippen LogP contribution in [0.5, 0.6) is 0 Å². The molecule has 0 bridgehead atoms. The highest BCUT2D eigenvalue weighted by atomic mass is 16.6. The van der Waals surface area contributed by atoms with Crippen LogP contribution in [-0.4, -0.2) is 37.2 Å². The molecule has 0 amide bonds. The lowest BCUT2D eigenvalue weighted by atomic mass is 10.0. The van der Waals surface area contributed by atoms with Crippen molar-refractivity contribution in [2.75, 3.05) is 13.2 Å². The van der Waals surface area contributed by atoms with Crippen LogP contribution in [0.25, 0.3) is 0 Å². The van der Waals surface area contributed by atoms with Gasteiger partial charge in [-0.1, -0.05) is 228 Å². The van der Waals surface area contributed by atoms with Gasteiger partial charge in [0.25, 0.3) is 0 Å². The van der Waals surface area contributed by atoms with Gasteiger partial charge >= 0.3 is 17.9 Å². The first kappa shape index (κ1) is 54.4. The summed E-state index contributed by atoms with van der Waals surface area (Å²) in [5.74, 6) is 1.56. The quantitative estimate of drug-likeness (QED) is 0.0348. The maximum Gasteiger partial charge on any atom is 0.306 e. The van der Waals surface area contributed by atoms with Crippen LogP contribution in [-0.2, 0) is 28.6 Å². The molecule has 0 aliphatic carbocycles. The molecule has 6 nitrogen and oxygen atoms in total. The van der Waals surface area contributed by atoms with Crippen LogP contribution < -0.4 is 0 Å². The summed E-state index contributed by atoms with van der Waals surface area (Å²) < 4.78 is 16.7. The molecule has 0 heterocycles. The number of hydrogen-bond donors (Lipinski definition) is 0. The standard InChI is InChI=1S/C50H96O6/c1-44(2)36-30-24-18-14-10-7-8-12-16-20-27-33-39-48(51)54-42-47(56-50(53)41-35-29-23-22-26-32-38-46(5)6)43-55-49(52)40-34-28-21-17-13-9-11-15-19-25-31-37-45(3)4/h44-47H,7-43H2,1-6H3/t47-/m0/s1. The molecule has 0 rings (SSSR count). The molecule has 0 aliphatic rings. The Morgan fingerprint density at radius 3 is 0.768 bits per heavy atom. The second kappa shape index (κ2) is 41.6. The molecule has 332 valence electrons. The molecule has 0 aliphatic heterocycles. The lowest BCUT2D eigenvalue weighted by Crippen LogP contribution is -2.30. The van der Waals surface area contributed by atoms with Crippen molar-refractivity contribution in [3.8, 4) is 0 Å². The summed E-state index contributed by atoms with van der Waals surface area (Å²) in [6.45, 7) is 13.6. The minimum atomic E-state index is -0.762. The van der Waals surface area contributed by atoms with Crippen LogP contribution >= 0.6 is 0 Å². The second-order valence-corrected chi connectivity index (χ2v) is 18.5. The second-order valence-electron chi connectivity index (χ2n) is 18.5. The van der Waals surface area contributed by atoms with Crippen molar-refractivity contribution in [3.05, 3.63) is 0 Å². The molecule has 0 saturated carbocycles. The number of carbonyl (C=O) groups is 3. The highest BCUT2D eigenvalue weighted by Crippen LogP contribution is 2.17. The molecule has 0 aromatic heterocycles. The third kappa shape index (κ3) is 43.5. The SMILES string of the molecule is CC(C)CCCCCCCCCCCCCCC(=O)OC[C@@H](COC(=O)CCCCCCCCCCCCCC(C)C)OC(=O)CCCCCCCCC(C)C. The van der Waals surface area contributed by atoms with E-state index in [9.17, 15) is 14.4 Å². The van der Waals surface area contributed by atoms with E-state index in [1.54, 1.807) is 0 Å². The van der Waals surface area contributed by atoms with Crippen molar-refractivity contribution in [2.45, 2.75) is 272 Å². The fourth-order valence-corrected chi connectivity index (χ4v) is 7.41. The molecular formula is C50H96O6. The first-order valence-corrected chi connectivity index (χ1v) is 24.6. The van der Waals surface area contributed by atoms with Crippen LogP contribution in [0.15, 0.2) is 0 Å². The first-order chi connectivity index (χ1) is 27.1. The van der Waals surface area contributed by atoms with Gasteiger partial charge in [0.15, 0.2) is 6.10 Å². The van der Waals surface area contributed by atoms with Crippen molar-refractivity contribution in [1.82, 2.24) is 0 Å². The normalized spacial score (nSPS) is 12.2. The maximum absolute atomic E-state index is 12.7. The van der Waals surface area contributed by atoms with E-state index < -0.39 is 6.10 Å². The Balaban J connectivity index is 4.27. The zero-order chi connectivity index (χ0) is 41.3. The van der Waals surface area contributed by atoms with Crippen LogP contribution in [0.4, 0.5) is 0 Å². The number of esters is 3. The van der Waals surface area contributed by atoms with E-state index in [1.165, 1.54) is 148 Å². The fourth-order valence-electron chi connectivity index (χ4n) is 7.41. The van der Waals surface area contributed by atoms with Gasteiger partial charge in [0.05, 0.1) is 0 Å². The Kier molecular flexibility index (Phi) is 40.4. The Morgan fingerprint density at radius 2 is 0.518 bits per heavy atom. The van der Waals surface area contributed by atoms with Crippen molar-refractivity contribution in [3.63, 3.8) is 0 Å². The lowest BCUT2D eigenvalue weighted by Gasteiger charge is -2.18. The molecule has 6 heteroatoms. The zero-order valence-electron chi connectivity index (χ0n) is 38.4. The van der Waals surface area contributed by atoms with Gasteiger partial charge in [0.2, 0.25) is 0 Å². The maximum atomic E-state index is 12.7. The van der Waals surface area contributed by atoms with Crippen molar-refractivity contribution in [2.24, 2.45) is 17.8 Å². The van der Waals surface area contributed by atoms with Crippen molar-refractivity contribution < 1.29 is 28.6 Å². The van der Waals surface area contributed by atoms with Crippen molar-refractivity contribution >= 4 is 17.9 Å². The molecule has 0 aromatic rings. The number of rotatable bonds is 43. The average molecular weight is 793 g/mol. The third-order valence-electron chi connectivity index (χ3n) is 11.1. The summed E-state index contributed by atoms with van der Waals surface area (Å²) in [4.78, 5) is 37.8. The molecule has 0 aromatic carbocycles. The summed E-state index contributed by atoms with van der Waals surface area (Å²) >= 11 is 0. The van der Waals surface area contributed by atoms with Gasteiger partial charge in [0, 0.05) is 19.3 Å². The van der Waals surface area contributed by atoms with E-state index in [4.69, 9.17) is 14.2 Å². The Bertz CT molecular complexity index is 868. The molecule has 0 spiro atoms. The largest absolute Gasteiger partial charge is 0.462 e.